The Hall–Kier alpha value is -1.55. The summed E-state index contributed by atoms with van der Waals surface area (Å²) in [5.74, 6) is -0.731. The minimum Gasteiger partial charge on any atom is -0.481 e. The van der Waals surface area contributed by atoms with Crippen LogP contribution in [0.3, 0.4) is 0 Å². The molecule has 1 fully saturated rings. The number of rotatable bonds is 7. The van der Waals surface area contributed by atoms with Crippen LogP contribution in [0.2, 0.25) is 0 Å². The average Bonchev–Trinajstić information content (AvgIpc) is 2.49. The zero-order chi connectivity index (χ0) is 15.1. The van der Waals surface area contributed by atoms with Gasteiger partial charge in [-0.2, -0.15) is 0 Å². The highest BCUT2D eigenvalue weighted by Gasteiger charge is 2.20. The fourth-order valence-corrected chi connectivity index (χ4v) is 3.05. The van der Waals surface area contributed by atoms with Crippen molar-refractivity contribution in [3.05, 3.63) is 30.3 Å². The highest BCUT2D eigenvalue weighted by Crippen LogP contribution is 2.20. The number of piperidine rings is 1. The van der Waals surface area contributed by atoms with Crippen molar-refractivity contribution in [2.75, 3.05) is 31.6 Å². The summed E-state index contributed by atoms with van der Waals surface area (Å²) in [6, 6.07) is 10.8. The third-order valence-electron chi connectivity index (χ3n) is 4.37. The Morgan fingerprint density at radius 1 is 1.29 bits per heavy atom. The molecule has 1 aliphatic rings. The van der Waals surface area contributed by atoms with Crippen LogP contribution in [0.4, 0.5) is 5.69 Å². The topological polar surface area (TPSA) is 43.8 Å². The first-order chi connectivity index (χ1) is 10.2. The van der Waals surface area contributed by atoms with Crippen molar-refractivity contribution in [2.45, 2.75) is 38.1 Å². The van der Waals surface area contributed by atoms with Gasteiger partial charge in [-0.1, -0.05) is 24.6 Å². The van der Waals surface area contributed by atoms with Crippen LogP contribution >= 0.6 is 0 Å². The molecule has 21 heavy (non-hydrogen) atoms. The van der Waals surface area contributed by atoms with E-state index in [0.29, 0.717) is 12.6 Å². The van der Waals surface area contributed by atoms with Gasteiger partial charge in [0.15, 0.2) is 0 Å². The second-order valence-corrected chi connectivity index (χ2v) is 5.89. The van der Waals surface area contributed by atoms with Gasteiger partial charge < -0.3 is 14.9 Å². The molecule has 0 saturated carbocycles. The number of likely N-dealkylation sites (tertiary alicyclic amines) is 1. The molecule has 0 aromatic heterocycles. The monoisotopic (exact) mass is 290 g/mol. The molecule has 0 aliphatic carbocycles. The maximum Gasteiger partial charge on any atom is 0.305 e. The lowest BCUT2D eigenvalue weighted by Gasteiger charge is -2.34. The largest absolute Gasteiger partial charge is 0.481 e. The summed E-state index contributed by atoms with van der Waals surface area (Å²) in [6.07, 6.45) is 5.17. The fraction of sp³-hybridized carbons (Fsp3) is 0.588. The number of benzene rings is 1. The third-order valence-corrected chi connectivity index (χ3v) is 4.37. The molecule has 4 nitrogen and oxygen atoms in total. The molecular weight excluding hydrogens is 264 g/mol. The zero-order valence-electron chi connectivity index (χ0n) is 12.9. The molecule has 0 amide bonds. The maximum absolute atomic E-state index is 10.9. The summed E-state index contributed by atoms with van der Waals surface area (Å²) in [6.45, 7) is 2.69. The van der Waals surface area contributed by atoms with E-state index >= 15 is 0 Å². The Balaban J connectivity index is 1.93. The number of hydrogen-bond donors (Lipinski definition) is 1. The minimum atomic E-state index is -0.731. The van der Waals surface area contributed by atoms with Crippen LogP contribution in [-0.2, 0) is 4.79 Å². The number of nitrogens with zero attached hydrogens (tertiary/aromatic N) is 2. The lowest BCUT2D eigenvalue weighted by Crippen LogP contribution is -2.39. The van der Waals surface area contributed by atoms with E-state index in [2.05, 4.69) is 29.0 Å². The highest BCUT2D eigenvalue weighted by atomic mass is 16.4. The van der Waals surface area contributed by atoms with E-state index in [-0.39, 0.29) is 6.42 Å². The van der Waals surface area contributed by atoms with Gasteiger partial charge in [-0.05, 0) is 45.0 Å². The SMILES string of the molecule is CN1CCCCC1CCN(CCC(=O)O)c1ccccc1. The van der Waals surface area contributed by atoms with Crippen LogP contribution in [0, 0.1) is 0 Å². The smallest absolute Gasteiger partial charge is 0.305 e. The molecule has 0 bridgehead atoms. The molecule has 116 valence electrons. The summed E-state index contributed by atoms with van der Waals surface area (Å²) in [4.78, 5) is 15.5. The summed E-state index contributed by atoms with van der Waals surface area (Å²) >= 11 is 0. The van der Waals surface area contributed by atoms with E-state index in [4.69, 9.17) is 5.11 Å². The van der Waals surface area contributed by atoms with E-state index in [1.54, 1.807) is 0 Å². The maximum atomic E-state index is 10.9. The van der Waals surface area contributed by atoms with E-state index in [1.807, 2.05) is 18.2 Å². The van der Waals surface area contributed by atoms with Crippen molar-refractivity contribution in [1.29, 1.82) is 0 Å². The Bertz CT molecular complexity index is 436. The average molecular weight is 290 g/mol. The molecule has 1 heterocycles. The van der Waals surface area contributed by atoms with Crippen molar-refractivity contribution in [3.8, 4) is 0 Å². The molecule has 1 aromatic rings. The van der Waals surface area contributed by atoms with Gasteiger partial charge in [-0.15, -0.1) is 0 Å². The summed E-state index contributed by atoms with van der Waals surface area (Å²) in [7, 11) is 2.20. The van der Waals surface area contributed by atoms with Crippen molar-refractivity contribution >= 4 is 11.7 Å². The van der Waals surface area contributed by atoms with Crippen molar-refractivity contribution in [3.63, 3.8) is 0 Å². The molecular formula is C17H26N2O2. The van der Waals surface area contributed by atoms with E-state index in [0.717, 1.165) is 18.7 Å². The molecule has 1 aliphatic heterocycles. The van der Waals surface area contributed by atoms with Crippen LogP contribution in [0.15, 0.2) is 30.3 Å². The first-order valence-corrected chi connectivity index (χ1v) is 7.89. The van der Waals surface area contributed by atoms with Crippen LogP contribution < -0.4 is 4.90 Å². The molecule has 4 heteroatoms. The molecule has 1 unspecified atom stereocenters. The molecule has 1 aromatic carbocycles. The number of aliphatic carboxylic acids is 1. The van der Waals surface area contributed by atoms with E-state index in [9.17, 15) is 4.79 Å². The molecule has 1 atom stereocenters. The predicted molar refractivity (Wildman–Crippen MR) is 85.8 cm³/mol. The number of para-hydroxylation sites is 1. The molecule has 1 N–H and O–H groups in total. The minimum absolute atomic E-state index is 0.190. The Labute approximate surface area is 127 Å². The molecule has 0 radical (unpaired) electrons. The van der Waals surface area contributed by atoms with Crippen LogP contribution in [0.5, 0.6) is 0 Å². The van der Waals surface area contributed by atoms with E-state index in [1.165, 1.54) is 25.8 Å². The van der Waals surface area contributed by atoms with Crippen LogP contribution in [0.1, 0.15) is 32.1 Å². The van der Waals surface area contributed by atoms with Gasteiger partial charge in [0.25, 0.3) is 0 Å². The number of carbonyl (C=O) groups is 1. The first kappa shape index (κ1) is 15.8. The number of hydrogen-bond acceptors (Lipinski definition) is 3. The second kappa shape index (κ2) is 8.03. The summed E-state index contributed by atoms with van der Waals surface area (Å²) < 4.78 is 0. The molecule has 0 spiro atoms. The first-order valence-electron chi connectivity index (χ1n) is 7.89. The Morgan fingerprint density at radius 2 is 2.05 bits per heavy atom. The van der Waals surface area contributed by atoms with Crippen LogP contribution in [0.25, 0.3) is 0 Å². The third kappa shape index (κ3) is 5.05. The Morgan fingerprint density at radius 3 is 2.71 bits per heavy atom. The fourth-order valence-electron chi connectivity index (χ4n) is 3.05. The van der Waals surface area contributed by atoms with Gasteiger partial charge >= 0.3 is 5.97 Å². The zero-order valence-corrected chi connectivity index (χ0v) is 12.9. The van der Waals surface area contributed by atoms with E-state index < -0.39 is 5.97 Å². The van der Waals surface area contributed by atoms with Crippen molar-refractivity contribution in [1.82, 2.24) is 4.90 Å². The normalized spacial score (nSPS) is 19.4. The number of anilines is 1. The van der Waals surface area contributed by atoms with Gasteiger partial charge in [0.1, 0.15) is 0 Å². The van der Waals surface area contributed by atoms with Gasteiger partial charge in [-0.25, -0.2) is 0 Å². The van der Waals surface area contributed by atoms with Crippen LogP contribution in [-0.4, -0.2) is 48.7 Å². The van der Waals surface area contributed by atoms with Crippen molar-refractivity contribution < 1.29 is 9.90 Å². The van der Waals surface area contributed by atoms with Gasteiger partial charge in [0.2, 0.25) is 0 Å². The summed E-state index contributed by atoms with van der Waals surface area (Å²) in [5.41, 5.74) is 1.12. The molecule has 2 rings (SSSR count). The lowest BCUT2D eigenvalue weighted by molar-refractivity contribution is -0.136. The number of carboxylic acids is 1. The second-order valence-electron chi connectivity index (χ2n) is 5.89. The predicted octanol–water partition coefficient (Wildman–Crippen LogP) is 2.84. The van der Waals surface area contributed by atoms with Gasteiger partial charge in [0.05, 0.1) is 6.42 Å². The highest BCUT2D eigenvalue weighted by molar-refractivity contribution is 5.67. The Kier molecular flexibility index (Phi) is 6.05. The van der Waals surface area contributed by atoms with Crippen molar-refractivity contribution in [2.24, 2.45) is 0 Å². The molecule has 1 saturated heterocycles. The number of carboxylic acid groups (broad SMARTS) is 1. The van der Waals surface area contributed by atoms with Gasteiger partial charge in [-0.3, -0.25) is 4.79 Å². The standard InChI is InChI=1S/C17H26N2O2/c1-18-12-6-5-7-15(18)10-13-19(14-11-17(20)21)16-8-3-2-4-9-16/h2-4,8-9,15H,5-7,10-14H2,1H3,(H,20,21). The summed E-state index contributed by atoms with van der Waals surface area (Å²) in [5, 5.41) is 8.93. The lowest BCUT2D eigenvalue weighted by atomic mass is 10.00. The quantitative estimate of drug-likeness (QED) is 0.838. The van der Waals surface area contributed by atoms with Gasteiger partial charge in [0, 0.05) is 24.8 Å².